The molecule has 0 aliphatic heterocycles. The van der Waals surface area contributed by atoms with Gasteiger partial charge >= 0.3 is 0 Å². The summed E-state index contributed by atoms with van der Waals surface area (Å²) in [5.74, 6) is 1.32. The fourth-order valence-corrected chi connectivity index (χ4v) is 3.75. The van der Waals surface area contributed by atoms with Crippen LogP contribution < -0.4 is 10.1 Å². The third kappa shape index (κ3) is 5.84. The third-order valence-electron chi connectivity index (χ3n) is 5.55. The Balaban J connectivity index is 1.57. The number of benzene rings is 1. The summed E-state index contributed by atoms with van der Waals surface area (Å²) >= 11 is 0. The van der Waals surface area contributed by atoms with Gasteiger partial charge in [0.25, 0.3) is 5.91 Å². The molecule has 7 nitrogen and oxygen atoms in total. The molecule has 162 valence electrons. The molecule has 1 N–H and O–H groups in total. The van der Waals surface area contributed by atoms with Crippen molar-refractivity contribution in [2.45, 2.75) is 58.5 Å². The van der Waals surface area contributed by atoms with Crippen molar-refractivity contribution in [1.29, 1.82) is 0 Å². The van der Waals surface area contributed by atoms with E-state index < -0.39 is 0 Å². The molecule has 0 bridgehead atoms. The van der Waals surface area contributed by atoms with Crippen molar-refractivity contribution in [3.63, 3.8) is 0 Å². The van der Waals surface area contributed by atoms with E-state index in [0.717, 1.165) is 49.8 Å². The Hall–Kier alpha value is -2.83. The highest BCUT2D eigenvalue weighted by atomic mass is 16.5. The summed E-state index contributed by atoms with van der Waals surface area (Å²) < 4.78 is 10.5. The molecule has 1 aliphatic rings. The fraction of sp³-hybridized carbons (Fsp3) is 0.522. The minimum atomic E-state index is -0.303. The Morgan fingerprint density at radius 1 is 1.23 bits per heavy atom. The molecule has 1 aromatic heterocycles. The number of methoxy groups -OCH3 is 1. The standard InChI is InChI=1S/C23H31N3O4/c1-3-4-13-26(23(28)18-7-5-6-8-18)16-20-14-21(25-30-20)22(27)24-15-17-9-11-19(29-2)12-10-17/h9-12,14,18H,3-8,13,15-16H2,1-2H3,(H,24,27). The molecule has 1 aliphatic carbocycles. The lowest BCUT2D eigenvalue weighted by Gasteiger charge is -2.24. The van der Waals surface area contributed by atoms with Gasteiger partial charge in [-0.15, -0.1) is 0 Å². The molecule has 0 atom stereocenters. The topological polar surface area (TPSA) is 84.7 Å². The number of ether oxygens (including phenoxy) is 1. The van der Waals surface area contributed by atoms with Crippen LogP contribution in [0.5, 0.6) is 5.75 Å². The first-order valence-electron chi connectivity index (χ1n) is 10.8. The van der Waals surface area contributed by atoms with Gasteiger partial charge in [-0.3, -0.25) is 9.59 Å². The number of unbranched alkanes of at least 4 members (excludes halogenated alkanes) is 1. The van der Waals surface area contributed by atoms with Crippen LogP contribution in [0, 0.1) is 5.92 Å². The Kier molecular flexibility index (Phi) is 7.88. The molecule has 3 rings (SSSR count). The van der Waals surface area contributed by atoms with Crippen molar-refractivity contribution in [2.24, 2.45) is 5.92 Å². The zero-order valence-corrected chi connectivity index (χ0v) is 17.9. The lowest BCUT2D eigenvalue weighted by molar-refractivity contribution is -0.136. The first kappa shape index (κ1) is 21.9. The summed E-state index contributed by atoms with van der Waals surface area (Å²) in [5.41, 5.74) is 1.18. The van der Waals surface area contributed by atoms with Crippen molar-refractivity contribution < 1.29 is 18.8 Å². The summed E-state index contributed by atoms with van der Waals surface area (Å²) in [4.78, 5) is 27.2. The van der Waals surface area contributed by atoms with E-state index in [1.165, 1.54) is 0 Å². The summed E-state index contributed by atoms with van der Waals surface area (Å²) in [7, 11) is 1.61. The second-order valence-electron chi connectivity index (χ2n) is 7.80. The zero-order chi connectivity index (χ0) is 21.3. The number of nitrogens with zero attached hydrogens (tertiary/aromatic N) is 2. The maximum atomic E-state index is 12.9. The van der Waals surface area contributed by atoms with Crippen LogP contribution in [0.15, 0.2) is 34.9 Å². The maximum Gasteiger partial charge on any atom is 0.273 e. The Labute approximate surface area is 177 Å². The van der Waals surface area contributed by atoms with Gasteiger partial charge in [0, 0.05) is 25.1 Å². The van der Waals surface area contributed by atoms with E-state index in [0.29, 0.717) is 25.4 Å². The minimum Gasteiger partial charge on any atom is -0.497 e. The van der Waals surface area contributed by atoms with Gasteiger partial charge in [-0.25, -0.2) is 0 Å². The van der Waals surface area contributed by atoms with E-state index in [2.05, 4.69) is 17.4 Å². The number of carbonyl (C=O) groups is 2. The zero-order valence-electron chi connectivity index (χ0n) is 17.9. The van der Waals surface area contributed by atoms with Crippen LogP contribution in [0.2, 0.25) is 0 Å². The molecule has 7 heteroatoms. The fourth-order valence-electron chi connectivity index (χ4n) is 3.75. The van der Waals surface area contributed by atoms with Crippen molar-refractivity contribution in [3.05, 3.63) is 47.3 Å². The predicted molar refractivity (Wildman–Crippen MR) is 113 cm³/mol. The average Bonchev–Trinajstić information content (AvgIpc) is 3.47. The molecule has 1 fully saturated rings. The van der Waals surface area contributed by atoms with Gasteiger partial charge in [-0.05, 0) is 37.0 Å². The number of hydrogen-bond acceptors (Lipinski definition) is 5. The van der Waals surface area contributed by atoms with Gasteiger partial charge in [-0.2, -0.15) is 0 Å². The van der Waals surface area contributed by atoms with E-state index in [4.69, 9.17) is 9.26 Å². The second-order valence-corrected chi connectivity index (χ2v) is 7.80. The van der Waals surface area contributed by atoms with Crippen LogP contribution in [-0.2, 0) is 17.9 Å². The van der Waals surface area contributed by atoms with E-state index in [-0.39, 0.29) is 23.4 Å². The molecule has 0 unspecified atom stereocenters. The van der Waals surface area contributed by atoms with Crippen molar-refractivity contribution in [2.75, 3.05) is 13.7 Å². The summed E-state index contributed by atoms with van der Waals surface area (Å²) in [5, 5.41) is 6.74. The van der Waals surface area contributed by atoms with E-state index >= 15 is 0 Å². The van der Waals surface area contributed by atoms with Crippen LogP contribution in [0.4, 0.5) is 0 Å². The van der Waals surface area contributed by atoms with Crippen molar-refractivity contribution >= 4 is 11.8 Å². The van der Waals surface area contributed by atoms with Crippen LogP contribution in [0.1, 0.15) is 67.3 Å². The van der Waals surface area contributed by atoms with Crippen LogP contribution in [-0.4, -0.2) is 35.5 Å². The first-order chi connectivity index (χ1) is 14.6. The predicted octanol–water partition coefficient (Wildman–Crippen LogP) is 3.93. The van der Waals surface area contributed by atoms with E-state index in [9.17, 15) is 9.59 Å². The molecule has 1 heterocycles. The largest absolute Gasteiger partial charge is 0.497 e. The molecule has 2 amide bonds. The average molecular weight is 414 g/mol. The normalized spacial score (nSPS) is 13.9. The minimum absolute atomic E-state index is 0.122. The SMILES string of the molecule is CCCCN(Cc1cc(C(=O)NCc2ccc(OC)cc2)no1)C(=O)C1CCCC1. The van der Waals surface area contributed by atoms with Gasteiger partial charge < -0.3 is 19.5 Å². The van der Waals surface area contributed by atoms with Crippen LogP contribution in [0.3, 0.4) is 0 Å². The highest BCUT2D eigenvalue weighted by Crippen LogP contribution is 2.27. The van der Waals surface area contributed by atoms with Crippen molar-refractivity contribution in [1.82, 2.24) is 15.4 Å². The first-order valence-corrected chi connectivity index (χ1v) is 10.8. The molecule has 0 spiro atoms. The number of hydrogen-bond donors (Lipinski definition) is 1. The second kappa shape index (κ2) is 10.8. The molecule has 1 aromatic carbocycles. The number of rotatable bonds is 10. The number of nitrogens with one attached hydrogen (secondary N) is 1. The van der Waals surface area contributed by atoms with Crippen molar-refractivity contribution in [3.8, 4) is 5.75 Å². The molecule has 0 saturated heterocycles. The molecule has 30 heavy (non-hydrogen) atoms. The molecule has 2 aromatic rings. The summed E-state index contributed by atoms with van der Waals surface area (Å²) in [6.07, 6.45) is 6.15. The Bertz CT molecular complexity index is 825. The lowest BCUT2D eigenvalue weighted by Crippen LogP contribution is -2.35. The molecular weight excluding hydrogens is 382 g/mol. The smallest absolute Gasteiger partial charge is 0.273 e. The van der Waals surface area contributed by atoms with Gasteiger partial charge in [0.2, 0.25) is 5.91 Å². The van der Waals surface area contributed by atoms with Gasteiger partial charge in [-0.1, -0.05) is 43.5 Å². The summed E-state index contributed by atoms with van der Waals surface area (Å²) in [6.45, 7) is 3.55. The van der Waals surface area contributed by atoms with Gasteiger partial charge in [0.05, 0.1) is 13.7 Å². The highest BCUT2D eigenvalue weighted by molar-refractivity contribution is 5.92. The van der Waals surface area contributed by atoms with Crippen LogP contribution in [0.25, 0.3) is 0 Å². The number of carbonyl (C=O) groups excluding carboxylic acids is 2. The number of amides is 2. The molecular formula is C23H31N3O4. The molecule has 0 radical (unpaired) electrons. The monoisotopic (exact) mass is 413 g/mol. The highest BCUT2D eigenvalue weighted by Gasteiger charge is 2.28. The van der Waals surface area contributed by atoms with Gasteiger partial charge in [0.1, 0.15) is 5.75 Å². The Morgan fingerprint density at radius 2 is 1.97 bits per heavy atom. The number of aromatic nitrogens is 1. The maximum absolute atomic E-state index is 12.9. The molecule has 1 saturated carbocycles. The van der Waals surface area contributed by atoms with Gasteiger partial charge in [0.15, 0.2) is 11.5 Å². The quantitative estimate of drug-likeness (QED) is 0.638. The Morgan fingerprint density at radius 3 is 2.63 bits per heavy atom. The summed E-state index contributed by atoms with van der Waals surface area (Å²) in [6, 6.07) is 9.12. The van der Waals surface area contributed by atoms with E-state index in [1.54, 1.807) is 13.2 Å². The van der Waals surface area contributed by atoms with E-state index in [1.807, 2.05) is 29.2 Å². The lowest BCUT2D eigenvalue weighted by atomic mass is 10.1. The van der Waals surface area contributed by atoms with Crippen LogP contribution >= 0.6 is 0 Å². The third-order valence-corrected chi connectivity index (χ3v) is 5.55.